The number of methoxy groups -OCH3 is 1. The van der Waals surface area contributed by atoms with Crippen molar-refractivity contribution in [1.29, 1.82) is 0 Å². The van der Waals surface area contributed by atoms with Crippen molar-refractivity contribution in [3.8, 4) is 11.4 Å². The van der Waals surface area contributed by atoms with Gasteiger partial charge in [-0.15, -0.1) is 0 Å². The zero-order valence-electron chi connectivity index (χ0n) is 16.2. The van der Waals surface area contributed by atoms with Gasteiger partial charge < -0.3 is 19.9 Å². The van der Waals surface area contributed by atoms with Crippen LogP contribution < -0.4 is 15.4 Å². The summed E-state index contributed by atoms with van der Waals surface area (Å²) in [6.07, 6.45) is 8.30. The highest BCUT2D eigenvalue weighted by Gasteiger charge is 2.14. The Kier molecular flexibility index (Phi) is 6.42. The number of nitrogens with one attached hydrogen (secondary N) is 2. The maximum absolute atomic E-state index is 12.3. The van der Waals surface area contributed by atoms with Gasteiger partial charge in [0.2, 0.25) is 11.8 Å². The number of carbonyl (C=O) groups is 2. The summed E-state index contributed by atoms with van der Waals surface area (Å²) < 4.78 is 6.96. The topological polar surface area (TPSA) is 85.2 Å². The molecular weight excluding hydrogens is 368 g/mol. The summed E-state index contributed by atoms with van der Waals surface area (Å²) >= 11 is 0. The molecule has 0 radical (unpaired) electrons. The molecule has 2 amide bonds. The molecule has 1 atom stereocenters. The largest absolute Gasteiger partial charge is 0.497 e. The van der Waals surface area contributed by atoms with Crippen molar-refractivity contribution in [3.05, 3.63) is 78.9 Å². The van der Waals surface area contributed by atoms with Crippen LogP contribution in [0, 0.1) is 0 Å². The molecule has 7 nitrogen and oxygen atoms in total. The average Bonchev–Trinajstić information content (AvgIpc) is 3.28. The third-order valence-electron chi connectivity index (χ3n) is 4.23. The molecule has 2 aromatic carbocycles. The lowest BCUT2D eigenvalue weighted by atomic mass is 10.2. The molecule has 3 rings (SSSR count). The van der Waals surface area contributed by atoms with Crippen LogP contribution in [0.15, 0.2) is 73.3 Å². The molecule has 0 bridgehead atoms. The van der Waals surface area contributed by atoms with Crippen molar-refractivity contribution >= 4 is 23.6 Å². The highest BCUT2D eigenvalue weighted by atomic mass is 16.5. The van der Waals surface area contributed by atoms with Crippen LogP contribution in [0.2, 0.25) is 0 Å². The van der Waals surface area contributed by atoms with Crippen LogP contribution in [0.3, 0.4) is 0 Å². The van der Waals surface area contributed by atoms with E-state index in [4.69, 9.17) is 4.74 Å². The molecule has 3 aromatic rings. The molecule has 1 aromatic heterocycles. The van der Waals surface area contributed by atoms with Gasteiger partial charge in [-0.05, 0) is 55.0 Å². The summed E-state index contributed by atoms with van der Waals surface area (Å²) in [7, 11) is 1.60. The number of imidazole rings is 1. The van der Waals surface area contributed by atoms with E-state index in [1.807, 2.05) is 47.2 Å². The second kappa shape index (κ2) is 9.36. The number of hydrogen-bond acceptors (Lipinski definition) is 4. The number of hydrogen-bond donors (Lipinski definition) is 2. The second-order valence-corrected chi connectivity index (χ2v) is 6.34. The maximum atomic E-state index is 12.3. The number of rotatable bonds is 7. The number of carbonyl (C=O) groups excluding carboxylic acids is 2. The van der Waals surface area contributed by atoms with Gasteiger partial charge in [-0.25, -0.2) is 4.98 Å². The molecule has 0 fully saturated rings. The van der Waals surface area contributed by atoms with Gasteiger partial charge in [-0.2, -0.15) is 0 Å². The lowest BCUT2D eigenvalue weighted by Gasteiger charge is -2.13. The van der Waals surface area contributed by atoms with Crippen LogP contribution in [0.4, 0.5) is 5.69 Å². The van der Waals surface area contributed by atoms with Gasteiger partial charge in [-0.3, -0.25) is 9.59 Å². The standard InChI is InChI=1S/C22H22N4O3/c1-16(24-21(27)12-5-17-3-10-20(29-2)11-4-17)22(28)25-18-6-8-19(9-7-18)26-14-13-23-15-26/h3-16H,1-2H3,(H,24,27)(H,25,28)/b12-5+. The molecule has 0 saturated heterocycles. The number of amides is 2. The number of benzene rings is 2. The van der Waals surface area contributed by atoms with E-state index in [1.54, 1.807) is 44.8 Å². The van der Waals surface area contributed by atoms with Crippen molar-refractivity contribution in [1.82, 2.24) is 14.9 Å². The highest BCUT2D eigenvalue weighted by molar-refractivity contribution is 5.99. The molecule has 29 heavy (non-hydrogen) atoms. The van der Waals surface area contributed by atoms with Gasteiger partial charge in [0.25, 0.3) is 0 Å². The monoisotopic (exact) mass is 390 g/mol. The number of anilines is 1. The minimum atomic E-state index is -0.684. The predicted molar refractivity (Wildman–Crippen MR) is 112 cm³/mol. The SMILES string of the molecule is COc1ccc(/C=C/C(=O)NC(C)C(=O)Nc2ccc(-n3ccnc3)cc2)cc1. The molecule has 0 aliphatic carbocycles. The van der Waals surface area contributed by atoms with E-state index in [-0.39, 0.29) is 11.8 Å². The van der Waals surface area contributed by atoms with Crippen molar-refractivity contribution < 1.29 is 14.3 Å². The van der Waals surface area contributed by atoms with E-state index in [2.05, 4.69) is 15.6 Å². The summed E-state index contributed by atoms with van der Waals surface area (Å²) in [4.78, 5) is 28.4. The molecule has 1 heterocycles. The molecule has 0 saturated carbocycles. The quantitative estimate of drug-likeness (QED) is 0.607. The second-order valence-electron chi connectivity index (χ2n) is 6.34. The zero-order valence-corrected chi connectivity index (χ0v) is 16.2. The Hall–Kier alpha value is -3.87. The number of ether oxygens (including phenoxy) is 1. The Morgan fingerprint density at radius 3 is 2.45 bits per heavy atom. The fraction of sp³-hybridized carbons (Fsp3) is 0.136. The summed E-state index contributed by atoms with van der Waals surface area (Å²) in [5, 5.41) is 5.44. The van der Waals surface area contributed by atoms with E-state index in [0.717, 1.165) is 17.0 Å². The Morgan fingerprint density at radius 1 is 1.10 bits per heavy atom. The van der Waals surface area contributed by atoms with Crippen molar-refractivity contribution in [2.75, 3.05) is 12.4 Å². The average molecular weight is 390 g/mol. The minimum absolute atomic E-state index is 0.299. The first kappa shape index (κ1) is 19.9. The first-order valence-electron chi connectivity index (χ1n) is 9.07. The molecule has 0 spiro atoms. The molecule has 7 heteroatoms. The molecule has 1 unspecified atom stereocenters. The van der Waals surface area contributed by atoms with E-state index in [1.165, 1.54) is 6.08 Å². The van der Waals surface area contributed by atoms with Crippen molar-refractivity contribution in [2.24, 2.45) is 0 Å². The fourth-order valence-corrected chi connectivity index (χ4v) is 2.59. The summed E-state index contributed by atoms with van der Waals surface area (Å²) in [6.45, 7) is 1.63. The zero-order chi connectivity index (χ0) is 20.6. The smallest absolute Gasteiger partial charge is 0.246 e. The van der Waals surface area contributed by atoms with Gasteiger partial charge in [-0.1, -0.05) is 12.1 Å². The number of aromatic nitrogens is 2. The van der Waals surface area contributed by atoms with Crippen molar-refractivity contribution in [3.63, 3.8) is 0 Å². The van der Waals surface area contributed by atoms with Crippen LogP contribution in [0.1, 0.15) is 12.5 Å². The summed E-state index contributed by atoms with van der Waals surface area (Å²) in [6, 6.07) is 14.0. The van der Waals surface area contributed by atoms with Crippen LogP contribution in [0.25, 0.3) is 11.8 Å². The van der Waals surface area contributed by atoms with E-state index < -0.39 is 6.04 Å². The van der Waals surface area contributed by atoms with Gasteiger partial charge in [0, 0.05) is 29.8 Å². The van der Waals surface area contributed by atoms with Crippen LogP contribution in [-0.4, -0.2) is 34.5 Å². The van der Waals surface area contributed by atoms with Crippen LogP contribution >= 0.6 is 0 Å². The first-order chi connectivity index (χ1) is 14.0. The molecule has 2 N–H and O–H groups in total. The van der Waals surface area contributed by atoms with E-state index in [0.29, 0.717) is 5.69 Å². The Bertz CT molecular complexity index is 978. The van der Waals surface area contributed by atoms with Crippen molar-refractivity contribution in [2.45, 2.75) is 13.0 Å². The Morgan fingerprint density at radius 2 is 1.83 bits per heavy atom. The lowest BCUT2D eigenvalue weighted by molar-refractivity contribution is -0.123. The summed E-state index contributed by atoms with van der Waals surface area (Å²) in [5.74, 6) is 0.0976. The van der Waals surface area contributed by atoms with Gasteiger partial charge in [0.05, 0.1) is 13.4 Å². The Labute approximate surface area is 169 Å². The maximum Gasteiger partial charge on any atom is 0.246 e. The third kappa shape index (κ3) is 5.55. The van der Waals surface area contributed by atoms with Crippen LogP contribution in [0.5, 0.6) is 5.75 Å². The van der Waals surface area contributed by atoms with Gasteiger partial charge >= 0.3 is 0 Å². The predicted octanol–water partition coefficient (Wildman–Crippen LogP) is 3.04. The third-order valence-corrected chi connectivity index (χ3v) is 4.23. The van der Waals surface area contributed by atoms with Gasteiger partial charge in [0.1, 0.15) is 11.8 Å². The van der Waals surface area contributed by atoms with Gasteiger partial charge in [0.15, 0.2) is 0 Å². The van der Waals surface area contributed by atoms with E-state index in [9.17, 15) is 9.59 Å². The lowest BCUT2D eigenvalue weighted by Crippen LogP contribution is -2.40. The molecule has 0 aliphatic rings. The Balaban J connectivity index is 1.51. The molecule has 148 valence electrons. The highest BCUT2D eigenvalue weighted by Crippen LogP contribution is 2.14. The normalized spacial score (nSPS) is 11.8. The van der Waals surface area contributed by atoms with Crippen LogP contribution in [-0.2, 0) is 9.59 Å². The molecule has 0 aliphatic heterocycles. The first-order valence-corrected chi connectivity index (χ1v) is 9.07. The number of nitrogens with zero attached hydrogens (tertiary/aromatic N) is 2. The fourth-order valence-electron chi connectivity index (χ4n) is 2.59. The van der Waals surface area contributed by atoms with E-state index >= 15 is 0 Å². The molecular formula is C22H22N4O3. The summed E-state index contributed by atoms with van der Waals surface area (Å²) in [5.41, 5.74) is 2.44. The minimum Gasteiger partial charge on any atom is -0.497 e.